The largest absolute Gasteiger partial charge is 0.491 e. The van der Waals surface area contributed by atoms with Crippen molar-refractivity contribution >= 4 is 35.3 Å². The number of benzene rings is 2. The fourth-order valence-electron chi connectivity index (χ4n) is 3.28. The third-order valence-electron chi connectivity index (χ3n) is 4.67. The molecule has 30 heavy (non-hydrogen) atoms. The third kappa shape index (κ3) is 4.60. The smallest absolute Gasteiger partial charge is 0.215 e. The van der Waals surface area contributed by atoms with Crippen LogP contribution in [0.2, 0.25) is 10.0 Å². The lowest BCUT2D eigenvalue weighted by Gasteiger charge is -2.30. The zero-order valence-electron chi connectivity index (χ0n) is 15.8. The SMILES string of the molecule is O=CNc1ccc(OC[C@@H]2CO[C@@](Cn3ccnc3)(c3ccc(Cl)cc3Cl)O2)cc1. The molecule has 1 aromatic heterocycles. The van der Waals surface area contributed by atoms with E-state index in [-0.39, 0.29) is 12.7 Å². The van der Waals surface area contributed by atoms with Gasteiger partial charge in [0.2, 0.25) is 12.2 Å². The van der Waals surface area contributed by atoms with Crippen LogP contribution < -0.4 is 10.1 Å². The van der Waals surface area contributed by atoms with Gasteiger partial charge in [-0.15, -0.1) is 0 Å². The Hall–Kier alpha value is -2.58. The molecule has 0 radical (unpaired) electrons. The van der Waals surface area contributed by atoms with Gasteiger partial charge >= 0.3 is 0 Å². The third-order valence-corrected chi connectivity index (χ3v) is 5.21. The number of ether oxygens (including phenoxy) is 3. The molecule has 0 spiro atoms. The molecule has 9 heteroatoms. The molecular formula is C21H19Cl2N3O4. The molecule has 1 amide bonds. The quantitative estimate of drug-likeness (QED) is 0.526. The monoisotopic (exact) mass is 447 g/mol. The standard InChI is InChI=1S/C21H19Cl2N3O4/c22-15-1-6-19(20(23)9-15)21(12-26-8-7-24-13-26)29-11-18(30-21)10-28-17-4-2-16(3-5-17)25-14-27/h1-9,13-14,18H,10-12H2,(H,25,27)/t18-,21-/m1/s1. The summed E-state index contributed by atoms with van der Waals surface area (Å²) >= 11 is 12.5. The first-order valence-electron chi connectivity index (χ1n) is 9.24. The minimum atomic E-state index is -1.09. The number of halogens is 2. The van der Waals surface area contributed by atoms with Crippen molar-refractivity contribution in [1.29, 1.82) is 0 Å². The molecule has 2 atom stereocenters. The van der Waals surface area contributed by atoms with Crippen molar-refractivity contribution in [3.05, 3.63) is 76.8 Å². The number of nitrogens with zero attached hydrogens (tertiary/aromatic N) is 2. The number of hydrogen-bond donors (Lipinski definition) is 1. The van der Waals surface area contributed by atoms with Crippen LogP contribution in [0.25, 0.3) is 0 Å². The van der Waals surface area contributed by atoms with Gasteiger partial charge in [0.25, 0.3) is 0 Å². The van der Waals surface area contributed by atoms with Crippen LogP contribution in [0.15, 0.2) is 61.2 Å². The molecule has 0 bridgehead atoms. The lowest BCUT2D eigenvalue weighted by atomic mass is 10.1. The van der Waals surface area contributed by atoms with Gasteiger partial charge in [-0.25, -0.2) is 4.98 Å². The molecule has 1 N–H and O–H groups in total. The van der Waals surface area contributed by atoms with Crippen LogP contribution in [-0.2, 0) is 26.6 Å². The Morgan fingerprint density at radius 2 is 2.10 bits per heavy atom. The lowest BCUT2D eigenvalue weighted by Crippen LogP contribution is -2.34. The summed E-state index contributed by atoms with van der Waals surface area (Å²) in [5.41, 5.74) is 1.38. The van der Waals surface area contributed by atoms with E-state index < -0.39 is 5.79 Å². The molecule has 1 fully saturated rings. The Morgan fingerprint density at radius 3 is 2.80 bits per heavy atom. The summed E-state index contributed by atoms with van der Waals surface area (Å²) in [6, 6.07) is 12.3. The van der Waals surface area contributed by atoms with Gasteiger partial charge in [-0.3, -0.25) is 4.79 Å². The minimum Gasteiger partial charge on any atom is -0.491 e. The van der Waals surface area contributed by atoms with Crippen molar-refractivity contribution in [2.45, 2.75) is 18.4 Å². The van der Waals surface area contributed by atoms with Crippen molar-refractivity contribution < 1.29 is 19.0 Å². The predicted molar refractivity (Wildman–Crippen MR) is 113 cm³/mol. The number of hydrogen-bond acceptors (Lipinski definition) is 5. The number of rotatable bonds is 8. The number of carbonyl (C=O) groups excluding carboxylic acids is 1. The van der Waals surface area contributed by atoms with E-state index in [0.717, 1.165) is 0 Å². The van der Waals surface area contributed by atoms with E-state index in [1.54, 1.807) is 48.9 Å². The molecule has 1 saturated heterocycles. The Morgan fingerprint density at radius 1 is 1.27 bits per heavy atom. The molecule has 2 aromatic carbocycles. The number of amides is 1. The fourth-order valence-corrected chi connectivity index (χ4v) is 3.83. The maximum absolute atomic E-state index is 10.5. The van der Waals surface area contributed by atoms with Gasteiger partial charge in [-0.1, -0.05) is 29.3 Å². The van der Waals surface area contributed by atoms with Gasteiger partial charge in [-0.05, 0) is 36.4 Å². The molecule has 0 saturated carbocycles. The van der Waals surface area contributed by atoms with Crippen LogP contribution in [-0.4, -0.2) is 35.3 Å². The number of aromatic nitrogens is 2. The molecule has 4 rings (SSSR count). The van der Waals surface area contributed by atoms with Crippen LogP contribution in [0, 0.1) is 0 Å². The van der Waals surface area contributed by atoms with Gasteiger partial charge in [0.05, 0.1) is 24.5 Å². The minimum absolute atomic E-state index is 0.289. The zero-order chi connectivity index (χ0) is 21.0. The summed E-state index contributed by atoms with van der Waals surface area (Å²) in [5, 5.41) is 3.58. The highest BCUT2D eigenvalue weighted by Crippen LogP contribution is 2.40. The Bertz CT molecular complexity index is 998. The van der Waals surface area contributed by atoms with E-state index in [2.05, 4.69) is 10.3 Å². The van der Waals surface area contributed by atoms with Crippen molar-refractivity contribution in [3.8, 4) is 5.75 Å². The normalized spacial score (nSPS) is 20.8. The highest BCUT2D eigenvalue weighted by molar-refractivity contribution is 6.35. The lowest BCUT2D eigenvalue weighted by molar-refractivity contribution is -0.189. The highest BCUT2D eigenvalue weighted by atomic mass is 35.5. The first kappa shape index (κ1) is 20.7. The molecular weight excluding hydrogens is 429 g/mol. The second-order valence-electron chi connectivity index (χ2n) is 6.76. The van der Waals surface area contributed by atoms with E-state index in [1.165, 1.54) is 0 Å². The number of imidazole rings is 1. The van der Waals surface area contributed by atoms with Gasteiger partial charge in [0.15, 0.2) is 0 Å². The number of nitrogens with one attached hydrogen (secondary N) is 1. The van der Waals surface area contributed by atoms with E-state index in [9.17, 15) is 4.79 Å². The molecule has 1 aliphatic rings. The summed E-state index contributed by atoms with van der Waals surface area (Å²) in [4.78, 5) is 14.6. The molecule has 3 aromatic rings. The van der Waals surface area contributed by atoms with Crippen LogP contribution in [0.1, 0.15) is 5.56 Å². The molecule has 0 aliphatic carbocycles. The van der Waals surface area contributed by atoms with E-state index in [1.807, 2.05) is 16.8 Å². The molecule has 1 aliphatic heterocycles. The molecule has 2 heterocycles. The number of anilines is 1. The van der Waals surface area contributed by atoms with E-state index in [0.29, 0.717) is 46.6 Å². The summed E-state index contributed by atoms with van der Waals surface area (Å²) in [6.45, 7) is 0.993. The van der Waals surface area contributed by atoms with Crippen LogP contribution in [0.4, 0.5) is 5.69 Å². The van der Waals surface area contributed by atoms with Crippen molar-refractivity contribution in [2.75, 3.05) is 18.5 Å². The summed E-state index contributed by atoms with van der Waals surface area (Å²) in [7, 11) is 0. The maximum Gasteiger partial charge on any atom is 0.215 e. The Kier molecular flexibility index (Phi) is 6.24. The van der Waals surface area contributed by atoms with E-state index >= 15 is 0 Å². The van der Waals surface area contributed by atoms with E-state index in [4.69, 9.17) is 37.4 Å². The first-order valence-corrected chi connectivity index (χ1v) is 10.00. The molecule has 156 valence electrons. The summed E-state index contributed by atoms with van der Waals surface area (Å²) in [5.74, 6) is -0.430. The summed E-state index contributed by atoms with van der Waals surface area (Å²) < 4.78 is 20.2. The van der Waals surface area contributed by atoms with Gasteiger partial charge in [-0.2, -0.15) is 0 Å². The maximum atomic E-state index is 10.5. The van der Waals surface area contributed by atoms with Crippen LogP contribution in [0.3, 0.4) is 0 Å². The van der Waals surface area contributed by atoms with Gasteiger partial charge in [0.1, 0.15) is 18.5 Å². The van der Waals surface area contributed by atoms with Gasteiger partial charge < -0.3 is 24.1 Å². The van der Waals surface area contributed by atoms with Gasteiger partial charge in [0, 0.05) is 28.7 Å². The average Bonchev–Trinajstić information content (AvgIpc) is 3.38. The second kappa shape index (κ2) is 9.06. The average molecular weight is 448 g/mol. The Labute approximate surface area is 183 Å². The Balaban J connectivity index is 1.49. The topological polar surface area (TPSA) is 74.6 Å². The highest BCUT2D eigenvalue weighted by Gasteiger charge is 2.45. The second-order valence-corrected chi connectivity index (χ2v) is 7.60. The van der Waals surface area contributed by atoms with Crippen LogP contribution in [0.5, 0.6) is 5.75 Å². The fraction of sp³-hybridized carbons (Fsp3) is 0.238. The van der Waals surface area contributed by atoms with Crippen molar-refractivity contribution in [3.63, 3.8) is 0 Å². The first-order chi connectivity index (χ1) is 14.6. The van der Waals surface area contributed by atoms with Crippen LogP contribution >= 0.6 is 23.2 Å². The predicted octanol–water partition coefficient (Wildman–Crippen LogP) is 4.11. The number of carbonyl (C=O) groups is 1. The molecule has 7 nitrogen and oxygen atoms in total. The van der Waals surface area contributed by atoms with Crippen molar-refractivity contribution in [1.82, 2.24) is 9.55 Å². The van der Waals surface area contributed by atoms with Crippen molar-refractivity contribution in [2.24, 2.45) is 0 Å². The summed E-state index contributed by atoms with van der Waals surface area (Å²) in [6.07, 6.45) is 5.53. The zero-order valence-corrected chi connectivity index (χ0v) is 17.3. The molecule has 0 unspecified atom stereocenters.